The normalized spacial score (nSPS) is 14.6. The molecule has 1 aromatic rings. The van der Waals surface area contributed by atoms with Gasteiger partial charge in [-0.1, -0.05) is 20.8 Å². The maximum Gasteiger partial charge on any atom is 0.293 e. The maximum absolute atomic E-state index is 12.2. The minimum absolute atomic E-state index is 0.0380. The van der Waals surface area contributed by atoms with E-state index in [0.717, 1.165) is 0 Å². The standard InChI is InChI=1S/C13H23N3O2/c1-5-13(4,9-17)15-11-12(18)16(7-6-14-11)8-10(2)3/h6-7,10,17H,5,8-9H2,1-4H3,(H,14,15). The Labute approximate surface area is 108 Å². The molecule has 1 unspecified atom stereocenters. The predicted octanol–water partition coefficient (Wildman–Crippen LogP) is 1.47. The maximum atomic E-state index is 12.2. The van der Waals surface area contributed by atoms with E-state index in [-0.39, 0.29) is 12.2 Å². The molecule has 0 fully saturated rings. The van der Waals surface area contributed by atoms with Crippen LogP contribution >= 0.6 is 0 Å². The highest BCUT2D eigenvalue weighted by Gasteiger charge is 2.22. The van der Waals surface area contributed by atoms with Gasteiger partial charge in [0, 0.05) is 18.9 Å². The average molecular weight is 253 g/mol. The second kappa shape index (κ2) is 6.00. The van der Waals surface area contributed by atoms with Crippen LogP contribution in [-0.4, -0.2) is 26.8 Å². The predicted molar refractivity (Wildman–Crippen MR) is 72.7 cm³/mol. The largest absolute Gasteiger partial charge is 0.394 e. The van der Waals surface area contributed by atoms with Gasteiger partial charge in [-0.2, -0.15) is 0 Å². The Balaban J connectivity index is 3.01. The number of aliphatic hydroxyl groups excluding tert-OH is 1. The molecule has 0 aliphatic rings. The van der Waals surface area contributed by atoms with Crippen LogP contribution in [-0.2, 0) is 6.54 Å². The molecule has 0 saturated carbocycles. The first kappa shape index (κ1) is 14.7. The molecular formula is C13H23N3O2. The summed E-state index contributed by atoms with van der Waals surface area (Å²) in [6, 6.07) is 0. The van der Waals surface area contributed by atoms with E-state index in [2.05, 4.69) is 24.1 Å². The van der Waals surface area contributed by atoms with E-state index in [4.69, 9.17) is 0 Å². The third-order valence-electron chi connectivity index (χ3n) is 3.03. The van der Waals surface area contributed by atoms with Crippen LogP contribution in [0.1, 0.15) is 34.1 Å². The zero-order valence-electron chi connectivity index (χ0n) is 11.6. The summed E-state index contributed by atoms with van der Waals surface area (Å²) in [6.07, 6.45) is 4.01. The van der Waals surface area contributed by atoms with Crippen LogP contribution in [0.25, 0.3) is 0 Å². The highest BCUT2D eigenvalue weighted by atomic mass is 16.3. The van der Waals surface area contributed by atoms with Crippen LogP contribution in [0.15, 0.2) is 17.2 Å². The third-order valence-corrected chi connectivity index (χ3v) is 3.03. The van der Waals surface area contributed by atoms with Gasteiger partial charge in [-0.3, -0.25) is 4.79 Å². The Morgan fingerprint density at radius 3 is 2.72 bits per heavy atom. The number of aliphatic hydroxyl groups is 1. The molecule has 0 radical (unpaired) electrons. The topological polar surface area (TPSA) is 67.2 Å². The van der Waals surface area contributed by atoms with Crippen molar-refractivity contribution >= 4 is 5.82 Å². The molecule has 0 amide bonds. The molecule has 0 saturated heterocycles. The Bertz CT molecular complexity index is 436. The number of rotatable bonds is 6. The highest BCUT2D eigenvalue weighted by Crippen LogP contribution is 2.13. The highest BCUT2D eigenvalue weighted by molar-refractivity contribution is 5.34. The fourth-order valence-electron chi connectivity index (χ4n) is 1.60. The van der Waals surface area contributed by atoms with E-state index in [0.29, 0.717) is 24.7 Å². The van der Waals surface area contributed by atoms with Crippen molar-refractivity contribution in [3.63, 3.8) is 0 Å². The second-order valence-electron chi connectivity index (χ2n) is 5.32. The zero-order chi connectivity index (χ0) is 13.8. The van der Waals surface area contributed by atoms with Gasteiger partial charge in [0.15, 0.2) is 5.82 Å². The van der Waals surface area contributed by atoms with Gasteiger partial charge in [0.05, 0.1) is 12.1 Å². The summed E-state index contributed by atoms with van der Waals surface area (Å²) in [4.78, 5) is 16.2. The SMILES string of the molecule is CCC(C)(CO)Nc1nccn(CC(C)C)c1=O. The van der Waals surface area contributed by atoms with Gasteiger partial charge in [0.1, 0.15) is 0 Å². The quantitative estimate of drug-likeness (QED) is 0.805. The molecule has 5 nitrogen and oxygen atoms in total. The second-order valence-corrected chi connectivity index (χ2v) is 5.32. The monoisotopic (exact) mass is 253 g/mol. The minimum Gasteiger partial charge on any atom is -0.394 e. The first-order valence-electron chi connectivity index (χ1n) is 6.36. The first-order valence-corrected chi connectivity index (χ1v) is 6.36. The van der Waals surface area contributed by atoms with E-state index < -0.39 is 5.54 Å². The number of hydrogen-bond donors (Lipinski definition) is 2. The lowest BCUT2D eigenvalue weighted by atomic mass is 10.0. The summed E-state index contributed by atoms with van der Waals surface area (Å²) in [5, 5.41) is 12.4. The van der Waals surface area contributed by atoms with Crippen molar-refractivity contribution < 1.29 is 5.11 Å². The van der Waals surface area contributed by atoms with E-state index in [1.807, 2.05) is 13.8 Å². The van der Waals surface area contributed by atoms with Crippen LogP contribution in [0.2, 0.25) is 0 Å². The molecule has 1 rings (SSSR count). The Kier molecular flexibility index (Phi) is 4.90. The molecule has 102 valence electrons. The lowest BCUT2D eigenvalue weighted by molar-refractivity contribution is 0.218. The number of nitrogens with zero attached hydrogens (tertiary/aromatic N) is 2. The van der Waals surface area contributed by atoms with Crippen LogP contribution in [0.5, 0.6) is 0 Å². The summed E-state index contributed by atoms with van der Waals surface area (Å²) in [5.41, 5.74) is -0.650. The molecule has 1 heterocycles. The van der Waals surface area contributed by atoms with Crippen LogP contribution < -0.4 is 10.9 Å². The molecule has 0 aliphatic heterocycles. The number of hydrogen-bond acceptors (Lipinski definition) is 4. The number of nitrogens with one attached hydrogen (secondary N) is 1. The Morgan fingerprint density at radius 2 is 2.22 bits per heavy atom. The zero-order valence-corrected chi connectivity index (χ0v) is 11.6. The molecule has 0 aliphatic carbocycles. The van der Waals surface area contributed by atoms with Crippen molar-refractivity contribution in [1.29, 1.82) is 0 Å². The summed E-state index contributed by atoms with van der Waals surface area (Å²) in [6.45, 7) is 8.57. The van der Waals surface area contributed by atoms with E-state index in [1.165, 1.54) is 0 Å². The van der Waals surface area contributed by atoms with Gasteiger partial charge in [-0.05, 0) is 19.3 Å². The van der Waals surface area contributed by atoms with Crippen molar-refractivity contribution in [2.24, 2.45) is 5.92 Å². The smallest absolute Gasteiger partial charge is 0.293 e. The van der Waals surface area contributed by atoms with Crippen LogP contribution in [0, 0.1) is 5.92 Å². The Morgan fingerprint density at radius 1 is 1.56 bits per heavy atom. The van der Waals surface area contributed by atoms with Crippen molar-refractivity contribution in [3.05, 3.63) is 22.7 Å². The van der Waals surface area contributed by atoms with E-state index in [1.54, 1.807) is 17.0 Å². The minimum atomic E-state index is -0.511. The van der Waals surface area contributed by atoms with Crippen LogP contribution in [0.3, 0.4) is 0 Å². The molecular weight excluding hydrogens is 230 g/mol. The lowest BCUT2D eigenvalue weighted by Gasteiger charge is -2.27. The lowest BCUT2D eigenvalue weighted by Crippen LogP contribution is -2.41. The first-order chi connectivity index (χ1) is 8.41. The van der Waals surface area contributed by atoms with E-state index >= 15 is 0 Å². The van der Waals surface area contributed by atoms with E-state index in [9.17, 15) is 9.90 Å². The molecule has 0 bridgehead atoms. The summed E-state index contributed by atoms with van der Waals surface area (Å²) in [7, 11) is 0. The molecule has 0 spiro atoms. The molecule has 0 aromatic carbocycles. The summed E-state index contributed by atoms with van der Waals surface area (Å²) >= 11 is 0. The third kappa shape index (κ3) is 3.57. The van der Waals surface area contributed by atoms with Gasteiger partial charge in [0.25, 0.3) is 5.56 Å². The van der Waals surface area contributed by atoms with Gasteiger partial charge < -0.3 is 15.0 Å². The van der Waals surface area contributed by atoms with Gasteiger partial charge in [-0.25, -0.2) is 4.98 Å². The molecule has 2 N–H and O–H groups in total. The van der Waals surface area contributed by atoms with Gasteiger partial charge >= 0.3 is 0 Å². The molecule has 5 heteroatoms. The van der Waals surface area contributed by atoms with Gasteiger partial charge in [-0.15, -0.1) is 0 Å². The summed E-state index contributed by atoms with van der Waals surface area (Å²) in [5.74, 6) is 0.699. The molecule has 1 aromatic heterocycles. The number of aromatic nitrogens is 2. The Hall–Kier alpha value is -1.36. The van der Waals surface area contributed by atoms with Gasteiger partial charge in [0.2, 0.25) is 0 Å². The molecule has 1 atom stereocenters. The fraction of sp³-hybridized carbons (Fsp3) is 0.692. The van der Waals surface area contributed by atoms with Crippen molar-refractivity contribution in [3.8, 4) is 0 Å². The number of anilines is 1. The van der Waals surface area contributed by atoms with Crippen LogP contribution in [0.4, 0.5) is 5.82 Å². The van der Waals surface area contributed by atoms with Crippen molar-refractivity contribution in [2.75, 3.05) is 11.9 Å². The van der Waals surface area contributed by atoms with Crippen molar-refractivity contribution in [2.45, 2.75) is 46.2 Å². The summed E-state index contributed by atoms with van der Waals surface area (Å²) < 4.78 is 1.65. The fourth-order valence-corrected chi connectivity index (χ4v) is 1.60. The average Bonchev–Trinajstić information content (AvgIpc) is 2.33. The van der Waals surface area contributed by atoms with Crippen molar-refractivity contribution in [1.82, 2.24) is 9.55 Å². The molecule has 18 heavy (non-hydrogen) atoms.